The van der Waals surface area contributed by atoms with Gasteiger partial charge in [-0.05, 0) is 24.3 Å². The lowest BCUT2D eigenvalue weighted by Crippen LogP contribution is -2.29. The summed E-state index contributed by atoms with van der Waals surface area (Å²) in [6.07, 6.45) is -2.88. The molecule has 0 radical (unpaired) electrons. The second-order valence-electron chi connectivity index (χ2n) is 5.76. The number of rotatable bonds is 3. The minimum atomic E-state index is -1.09. The van der Waals surface area contributed by atoms with E-state index in [1.165, 1.54) is 11.3 Å². The first-order valence-electron chi connectivity index (χ1n) is 8.06. The first kappa shape index (κ1) is 16.9. The normalized spacial score (nSPS) is 22.4. The fourth-order valence-corrected chi connectivity index (χ4v) is 3.57. The van der Waals surface area contributed by atoms with Gasteiger partial charge in [-0.15, -0.1) is 11.3 Å². The molecule has 26 heavy (non-hydrogen) atoms. The molecule has 0 spiro atoms. The first-order valence-corrected chi connectivity index (χ1v) is 8.94. The van der Waals surface area contributed by atoms with Gasteiger partial charge in [-0.2, -0.15) is 0 Å². The number of nitrogens with zero attached hydrogens (tertiary/aromatic N) is 4. The number of nitrogens with one attached hydrogen (secondary N) is 1. The third-order valence-corrected chi connectivity index (χ3v) is 5.00. The van der Waals surface area contributed by atoms with Crippen LogP contribution in [0.25, 0.3) is 21.9 Å². The zero-order valence-electron chi connectivity index (χ0n) is 14.2. The van der Waals surface area contributed by atoms with Crippen molar-refractivity contribution in [1.82, 2.24) is 19.5 Å². The molecule has 1 saturated heterocycles. The van der Waals surface area contributed by atoms with Gasteiger partial charge in [-0.1, -0.05) is 12.0 Å². The summed E-state index contributed by atoms with van der Waals surface area (Å²) in [5.74, 6) is 7.24. The highest BCUT2D eigenvalue weighted by atomic mass is 32.1. The highest BCUT2D eigenvalue weighted by Gasteiger charge is 2.38. The largest absolute Gasteiger partial charge is 0.388 e. The van der Waals surface area contributed by atoms with Crippen LogP contribution in [0.2, 0.25) is 0 Å². The zero-order valence-corrected chi connectivity index (χ0v) is 15.0. The van der Waals surface area contributed by atoms with Crippen LogP contribution in [0.1, 0.15) is 19.0 Å². The molecule has 0 aromatic carbocycles. The van der Waals surface area contributed by atoms with Gasteiger partial charge in [0.2, 0.25) is 0 Å². The van der Waals surface area contributed by atoms with Crippen LogP contribution < -0.4 is 5.32 Å². The summed E-state index contributed by atoms with van der Waals surface area (Å²) in [5.41, 5.74) is 1.02. The Morgan fingerprint density at radius 3 is 2.81 bits per heavy atom. The van der Waals surface area contributed by atoms with Crippen LogP contribution in [-0.2, 0) is 4.74 Å². The number of anilines is 1. The minimum absolute atomic E-state index is 0.0340. The Kier molecular flexibility index (Phi) is 4.34. The predicted molar refractivity (Wildman–Crippen MR) is 97.7 cm³/mol. The number of hydrogen-bond donors (Lipinski definition) is 3. The molecule has 3 N–H and O–H groups in total. The van der Waals surface area contributed by atoms with Crippen molar-refractivity contribution in [2.75, 3.05) is 19.0 Å². The van der Waals surface area contributed by atoms with E-state index in [9.17, 15) is 10.2 Å². The molecule has 1 fully saturated rings. The number of thiophene rings is 1. The van der Waals surface area contributed by atoms with Crippen molar-refractivity contribution in [1.29, 1.82) is 0 Å². The third-order valence-electron chi connectivity index (χ3n) is 4.13. The Labute approximate surface area is 153 Å². The molecular formula is C17H17N5O3S. The van der Waals surface area contributed by atoms with Crippen LogP contribution >= 0.6 is 11.3 Å². The van der Waals surface area contributed by atoms with Crippen LogP contribution in [0.15, 0.2) is 17.5 Å². The molecule has 1 aliphatic rings. The molecule has 4 heterocycles. The van der Waals surface area contributed by atoms with Gasteiger partial charge in [0.25, 0.3) is 0 Å². The molecule has 134 valence electrons. The number of fused-ring (bicyclic) bond motifs is 1. The average molecular weight is 371 g/mol. The Bertz CT molecular complexity index is 1000. The van der Waals surface area contributed by atoms with Crippen LogP contribution in [0.5, 0.6) is 0 Å². The predicted octanol–water partition coefficient (Wildman–Crippen LogP) is 1.22. The van der Waals surface area contributed by atoms with E-state index < -0.39 is 18.4 Å². The highest BCUT2D eigenvalue weighted by Crippen LogP contribution is 2.33. The van der Waals surface area contributed by atoms with Gasteiger partial charge >= 0.3 is 0 Å². The van der Waals surface area contributed by atoms with E-state index in [0.29, 0.717) is 28.6 Å². The van der Waals surface area contributed by atoms with Crippen molar-refractivity contribution in [3.8, 4) is 22.5 Å². The van der Waals surface area contributed by atoms with Crippen molar-refractivity contribution in [3.63, 3.8) is 0 Å². The summed E-state index contributed by atoms with van der Waals surface area (Å²) in [5, 5.41) is 25.2. The summed E-state index contributed by atoms with van der Waals surface area (Å²) in [4.78, 5) is 14.6. The molecule has 9 heteroatoms. The van der Waals surface area contributed by atoms with Crippen molar-refractivity contribution in [2.24, 2.45) is 0 Å². The summed E-state index contributed by atoms with van der Waals surface area (Å²) >= 11 is 1.53. The number of imidazole rings is 1. The molecule has 3 aromatic heterocycles. The molecule has 8 nitrogen and oxygen atoms in total. The maximum Gasteiger partial charge on any atom is 0.189 e. The van der Waals surface area contributed by atoms with Gasteiger partial charge in [-0.25, -0.2) is 15.0 Å². The van der Waals surface area contributed by atoms with Gasteiger partial charge in [0.1, 0.15) is 12.2 Å². The Morgan fingerprint density at radius 1 is 1.35 bits per heavy atom. The Hall–Kier alpha value is -2.51. The molecule has 0 amide bonds. The SMILES string of the molecule is CC#Cc1nc2c(NC)nc(-c3cccs3)nc2n1[C@@H]1OC[C@@H](O)[C@H]1O. The van der Waals surface area contributed by atoms with Crippen molar-refractivity contribution in [2.45, 2.75) is 25.4 Å². The van der Waals surface area contributed by atoms with E-state index in [-0.39, 0.29) is 6.61 Å². The lowest BCUT2D eigenvalue weighted by Gasteiger charge is -2.18. The van der Waals surface area contributed by atoms with Crippen molar-refractivity contribution < 1.29 is 14.9 Å². The van der Waals surface area contributed by atoms with E-state index in [0.717, 1.165) is 4.88 Å². The summed E-state index contributed by atoms with van der Waals surface area (Å²) in [6.45, 7) is 1.73. The molecule has 0 unspecified atom stereocenters. The highest BCUT2D eigenvalue weighted by molar-refractivity contribution is 7.13. The molecular weight excluding hydrogens is 354 g/mol. The van der Waals surface area contributed by atoms with Gasteiger partial charge in [0, 0.05) is 7.05 Å². The topological polar surface area (TPSA) is 105 Å². The van der Waals surface area contributed by atoms with Gasteiger partial charge in [-0.3, -0.25) is 4.57 Å². The Morgan fingerprint density at radius 2 is 2.19 bits per heavy atom. The fraction of sp³-hybridized carbons (Fsp3) is 0.353. The van der Waals surface area contributed by atoms with E-state index in [1.807, 2.05) is 17.5 Å². The minimum Gasteiger partial charge on any atom is -0.388 e. The standard InChI is InChI=1S/C17H17N5O3S/c1-3-5-11-19-12-15(18-2)20-14(10-6-4-7-26-10)21-16(12)22(11)17-13(24)9(23)8-25-17/h4,6-7,9,13,17,23-24H,8H2,1-2H3,(H,18,20,21)/t9-,13-,17-/m1/s1. The smallest absolute Gasteiger partial charge is 0.189 e. The second-order valence-corrected chi connectivity index (χ2v) is 6.71. The molecule has 3 atom stereocenters. The molecule has 0 saturated carbocycles. The quantitative estimate of drug-likeness (QED) is 0.595. The van der Waals surface area contributed by atoms with Crippen molar-refractivity contribution in [3.05, 3.63) is 23.3 Å². The molecule has 4 rings (SSSR count). The zero-order chi connectivity index (χ0) is 18.3. The average Bonchev–Trinajstić information content (AvgIpc) is 3.35. The van der Waals surface area contributed by atoms with Gasteiger partial charge in [0.15, 0.2) is 34.9 Å². The number of hydrogen-bond acceptors (Lipinski definition) is 8. The number of aromatic nitrogens is 4. The van der Waals surface area contributed by atoms with E-state index in [4.69, 9.17) is 4.74 Å². The van der Waals surface area contributed by atoms with Crippen molar-refractivity contribution >= 4 is 28.3 Å². The van der Waals surface area contributed by atoms with E-state index >= 15 is 0 Å². The summed E-state index contributed by atoms with van der Waals surface area (Å²) in [7, 11) is 1.76. The summed E-state index contributed by atoms with van der Waals surface area (Å²) in [6, 6.07) is 3.86. The molecule has 3 aromatic rings. The monoisotopic (exact) mass is 371 g/mol. The molecule has 0 aliphatic carbocycles. The Balaban J connectivity index is 1.99. The molecule has 1 aliphatic heterocycles. The van der Waals surface area contributed by atoms with Gasteiger partial charge < -0.3 is 20.3 Å². The summed E-state index contributed by atoms with van der Waals surface area (Å²) < 4.78 is 7.23. The van der Waals surface area contributed by atoms with Crippen LogP contribution in [0, 0.1) is 11.8 Å². The van der Waals surface area contributed by atoms with Crippen LogP contribution in [0.3, 0.4) is 0 Å². The third kappa shape index (κ3) is 2.64. The van der Waals surface area contributed by atoms with Crippen LogP contribution in [-0.4, -0.2) is 55.6 Å². The fourth-order valence-electron chi connectivity index (χ4n) is 2.92. The van der Waals surface area contributed by atoms with Gasteiger partial charge in [0.05, 0.1) is 11.5 Å². The number of ether oxygens (including phenoxy) is 1. The van der Waals surface area contributed by atoms with E-state index in [1.54, 1.807) is 18.5 Å². The van der Waals surface area contributed by atoms with E-state index in [2.05, 4.69) is 32.1 Å². The van der Waals surface area contributed by atoms with Crippen LogP contribution in [0.4, 0.5) is 5.82 Å². The lowest BCUT2D eigenvalue weighted by atomic mass is 10.2. The molecule has 0 bridgehead atoms. The first-order chi connectivity index (χ1) is 12.6. The number of aliphatic hydroxyl groups is 2. The number of aliphatic hydroxyl groups excluding tert-OH is 2. The maximum atomic E-state index is 10.3. The lowest BCUT2D eigenvalue weighted by molar-refractivity contribution is -0.0167. The second kappa shape index (κ2) is 6.66. The maximum absolute atomic E-state index is 10.3.